The van der Waals surface area contributed by atoms with Crippen LogP contribution in [-0.2, 0) is 9.59 Å². The van der Waals surface area contributed by atoms with Crippen LogP contribution in [-0.4, -0.2) is 89.5 Å². The van der Waals surface area contributed by atoms with Crippen LogP contribution in [0.1, 0.15) is 26.7 Å². The number of nitrogens with zero attached hydrogens (tertiary/aromatic N) is 3. The van der Waals surface area contributed by atoms with Crippen molar-refractivity contribution >= 4 is 36.0 Å². The molecule has 0 radical (unpaired) electrons. The average molecular weight is 391 g/mol. The molecular formula is C17H31ClN4O2S. The van der Waals surface area contributed by atoms with Gasteiger partial charge in [0.1, 0.15) is 6.04 Å². The van der Waals surface area contributed by atoms with E-state index in [9.17, 15) is 9.59 Å². The van der Waals surface area contributed by atoms with E-state index in [2.05, 4.69) is 10.2 Å². The van der Waals surface area contributed by atoms with Crippen LogP contribution < -0.4 is 5.32 Å². The maximum absolute atomic E-state index is 13.0. The van der Waals surface area contributed by atoms with Crippen LogP contribution in [0.5, 0.6) is 0 Å². The van der Waals surface area contributed by atoms with Crippen molar-refractivity contribution in [2.45, 2.75) is 38.8 Å². The Hall–Kier alpha value is -0.500. The van der Waals surface area contributed by atoms with Gasteiger partial charge in [-0.05, 0) is 12.8 Å². The van der Waals surface area contributed by atoms with Gasteiger partial charge >= 0.3 is 0 Å². The van der Waals surface area contributed by atoms with Crippen molar-refractivity contribution in [2.24, 2.45) is 5.92 Å². The van der Waals surface area contributed by atoms with E-state index in [1.807, 2.05) is 23.6 Å². The summed E-state index contributed by atoms with van der Waals surface area (Å²) in [5.74, 6) is 1.71. The number of rotatable bonds is 4. The van der Waals surface area contributed by atoms with Crippen molar-refractivity contribution in [3.05, 3.63) is 0 Å². The summed E-state index contributed by atoms with van der Waals surface area (Å²) in [6.07, 6.45) is 1.89. The molecule has 0 spiro atoms. The number of carbonyl (C=O) groups excluding carboxylic acids is 2. The van der Waals surface area contributed by atoms with Gasteiger partial charge < -0.3 is 15.1 Å². The summed E-state index contributed by atoms with van der Waals surface area (Å²) >= 11 is 1.70. The molecule has 3 heterocycles. The zero-order valence-corrected chi connectivity index (χ0v) is 16.9. The van der Waals surface area contributed by atoms with Crippen LogP contribution in [0.15, 0.2) is 0 Å². The molecule has 3 atom stereocenters. The molecule has 3 saturated heterocycles. The number of piperazine rings is 1. The minimum atomic E-state index is -0.252. The minimum Gasteiger partial charge on any atom is -0.339 e. The molecular weight excluding hydrogens is 360 g/mol. The summed E-state index contributed by atoms with van der Waals surface area (Å²) in [6.45, 7) is 9.88. The quantitative estimate of drug-likeness (QED) is 0.771. The maximum Gasteiger partial charge on any atom is 0.246 e. The van der Waals surface area contributed by atoms with E-state index in [4.69, 9.17) is 0 Å². The predicted molar refractivity (Wildman–Crippen MR) is 104 cm³/mol. The van der Waals surface area contributed by atoms with Gasteiger partial charge in [0, 0.05) is 57.0 Å². The van der Waals surface area contributed by atoms with Gasteiger partial charge in [0.05, 0.1) is 5.88 Å². The summed E-state index contributed by atoms with van der Waals surface area (Å²) < 4.78 is 0. The number of nitrogens with one attached hydrogen (secondary N) is 1. The number of hydrogen-bond donors (Lipinski definition) is 1. The third-order valence-electron chi connectivity index (χ3n) is 5.63. The van der Waals surface area contributed by atoms with E-state index >= 15 is 0 Å². The molecule has 3 aliphatic heterocycles. The van der Waals surface area contributed by atoms with E-state index in [0.717, 1.165) is 57.9 Å². The maximum atomic E-state index is 13.0. The Balaban J connectivity index is 0.00000225. The molecule has 3 aliphatic rings. The molecule has 3 unspecified atom stereocenters. The van der Waals surface area contributed by atoms with Crippen molar-refractivity contribution in [1.29, 1.82) is 0 Å². The molecule has 0 saturated carbocycles. The van der Waals surface area contributed by atoms with Gasteiger partial charge in [0.25, 0.3) is 0 Å². The molecule has 8 heteroatoms. The van der Waals surface area contributed by atoms with Crippen molar-refractivity contribution in [3.8, 4) is 0 Å². The lowest BCUT2D eigenvalue weighted by Crippen LogP contribution is -2.52. The van der Waals surface area contributed by atoms with Crippen LogP contribution in [0, 0.1) is 5.92 Å². The second-order valence-electron chi connectivity index (χ2n) is 7.15. The largest absolute Gasteiger partial charge is 0.339 e. The Bertz CT molecular complexity index is 476. The molecule has 0 aromatic carbocycles. The van der Waals surface area contributed by atoms with E-state index < -0.39 is 0 Å². The zero-order valence-electron chi connectivity index (χ0n) is 15.3. The van der Waals surface area contributed by atoms with Crippen molar-refractivity contribution in [3.63, 3.8) is 0 Å². The van der Waals surface area contributed by atoms with E-state index in [0.29, 0.717) is 11.9 Å². The topological polar surface area (TPSA) is 55.9 Å². The second-order valence-corrected chi connectivity index (χ2v) is 8.15. The number of thioether (sulfide) groups is 1. The lowest BCUT2D eigenvalue weighted by atomic mass is 10.1. The highest BCUT2D eigenvalue weighted by molar-refractivity contribution is 7.99. The first-order chi connectivity index (χ1) is 11.6. The number of hydrogen-bond acceptors (Lipinski definition) is 5. The van der Waals surface area contributed by atoms with Crippen LogP contribution >= 0.6 is 24.2 Å². The normalized spacial score (nSPS) is 28.7. The molecule has 3 rings (SSSR count). The lowest BCUT2D eigenvalue weighted by Gasteiger charge is -2.33. The molecule has 3 fully saturated rings. The number of likely N-dealkylation sites (tertiary alicyclic amines) is 1. The second kappa shape index (κ2) is 9.44. The van der Waals surface area contributed by atoms with Crippen molar-refractivity contribution < 1.29 is 9.59 Å². The van der Waals surface area contributed by atoms with Gasteiger partial charge in [-0.25, -0.2) is 0 Å². The molecule has 144 valence electrons. The van der Waals surface area contributed by atoms with Crippen molar-refractivity contribution in [1.82, 2.24) is 20.0 Å². The Kier molecular flexibility index (Phi) is 7.86. The highest BCUT2D eigenvalue weighted by atomic mass is 35.5. The fourth-order valence-electron chi connectivity index (χ4n) is 3.82. The Labute approximate surface area is 161 Å². The highest BCUT2D eigenvalue weighted by Gasteiger charge is 2.40. The Morgan fingerprint density at radius 3 is 2.64 bits per heavy atom. The third-order valence-corrected chi connectivity index (χ3v) is 6.64. The number of amides is 2. The Morgan fingerprint density at radius 1 is 1.24 bits per heavy atom. The third kappa shape index (κ3) is 4.62. The van der Waals surface area contributed by atoms with Crippen LogP contribution in [0.2, 0.25) is 0 Å². The Morgan fingerprint density at radius 2 is 1.96 bits per heavy atom. The van der Waals surface area contributed by atoms with E-state index in [1.54, 1.807) is 11.8 Å². The fraction of sp³-hybridized carbons (Fsp3) is 0.882. The average Bonchev–Trinajstić information content (AvgIpc) is 3.30. The van der Waals surface area contributed by atoms with Gasteiger partial charge in [-0.15, -0.1) is 24.2 Å². The van der Waals surface area contributed by atoms with Crippen molar-refractivity contribution in [2.75, 3.05) is 50.9 Å². The highest BCUT2D eigenvalue weighted by Crippen LogP contribution is 2.27. The van der Waals surface area contributed by atoms with Gasteiger partial charge in [-0.1, -0.05) is 13.8 Å². The summed E-state index contributed by atoms with van der Waals surface area (Å²) in [5, 5.41) is 3.38. The first kappa shape index (κ1) is 20.8. The fourth-order valence-corrected chi connectivity index (χ4v) is 4.98. The molecule has 0 aliphatic carbocycles. The first-order valence-corrected chi connectivity index (χ1v) is 10.4. The van der Waals surface area contributed by atoms with Gasteiger partial charge in [0.15, 0.2) is 0 Å². The molecule has 0 aromatic rings. The number of carbonyl (C=O) groups is 2. The molecule has 2 amide bonds. The summed E-state index contributed by atoms with van der Waals surface area (Å²) in [4.78, 5) is 31.9. The minimum absolute atomic E-state index is 0. The SMILES string of the molecule is CCC(C)C(=O)N1CSCC1C(=O)N1CCC(N2CCNCC2)C1.Cl. The van der Waals surface area contributed by atoms with Gasteiger partial charge in [0.2, 0.25) is 11.8 Å². The van der Waals surface area contributed by atoms with E-state index in [-0.39, 0.29) is 36.2 Å². The van der Waals surface area contributed by atoms with Crippen LogP contribution in [0.3, 0.4) is 0 Å². The van der Waals surface area contributed by atoms with Crippen LogP contribution in [0.4, 0.5) is 0 Å². The summed E-state index contributed by atoms with van der Waals surface area (Å²) in [6, 6.07) is 0.238. The predicted octanol–water partition coefficient (Wildman–Crippen LogP) is 0.862. The molecule has 0 aromatic heterocycles. The molecule has 1 N–H and O–H groups in total. The first-order valence-electron chi connectivity index (χ1n) is 9.23. The van der Waals surface area contributed by atoms with Crippen LogP contribution in [0.25, 0.3) is 0 Å². The van der Waals surface area contributed by atoms with E-state index in [1.165, 1.54) is 0 Å². The monoisotopic (exact) mass is 390 g/mol. The molecule has 0 bridgehead atoms. The molecule has 6 nitrogen and oxygen atoms in total. The standard InChI is InChI=1S/C17H30N4O2S.ClH/c1-3-13(2)16(22)21-12-24-11-15(21)17(23)20-7-4-14(10-20)19-8-5-18-6-9-19;/h13-15,18H,3-12H2,1-2H3;1H. The van der Waals surface area contributed by atoms with Gasteiger partial charge in [-0.2, -0.15) is 0 Å². The summed E-state index contributed by atoms with van der Waals surface area (Å²) in [7, 11) is 0. The lowest BCUT2D eigenvalue weighted by molar-refractivity contribution is -0.144. The van der Waals surface area contributed by atoms with Gasteiger partial charge in [-0.3, -0.25) is 14.5 Å². The number of halogens is 1. The smallest absolute Gasteiger partial charge is 0.246 e. The summed E-state index contributed by atoms with van der Waals surface area (Å²) in [5.41, 5.74) is 0. The zero-order chi connectivity index (χ0) is 17.1. The molecule has 25 heavy (non-hydrogen) atoms.